The van der Waals surface area contributed by atoms with Crippen molar-refractivity contribution in [3.8, 4) is 0 Å². The molecule has 5 heteroatoms. The lowest BCUT2D eigenvalue weighted by Gasteiger charge is -2.10. The molecule has 0 aliphatic rings. The van der Waals surface area contributed by atoms with Crippen LogP contribution in [0.15, 0.2) is 12.3 Å². The van der Waals surface area contributed by atoms with Crippen LogP contribution in [0.3, 0.4) is 0 Å². The number of hydrogen-bond acceptors (Lipinski definition) is 4. The van der Waals surface area contributed by atoms with Crippen molar-refractivity contribution in [1.82, 2.24) is 15.0 Å². The van der Waals surface area contributed by atoms with Gasteiger partial charge in [-0.2, -0.15) is 11.8 Å². The molecule has 2 N–H and O–H groups in total. The molecule has 0 amide bonds. The van der Waals surface area contributed by atoms with E-state index in [0.717, 1.165) is 28.4 Å². The Bertz CT molecular complexity index is 480. The average molecular weight is 236 g/mol. The summed E-state index contributed by atoms with van der Waals surface area (Å²) in [7, 11) is 1.89. The number of H-pyrrole nitrogens is 1. The Morgan fingerprint density at radius 1 is 1.50 bits per heavy atom. The van der Waals surface area contributed by atoms with Gasteiger partial charge in [0.15, 0.2) is 0 Å². The maximum atomic E-state index is 4.55. The van der Waals surface area contributed by atoms with Crippen LogP contribution in [0.5, 0.6) is 0 Å². The summed E-state index contributed by atoms with van der Waals surface area (Å²) in [4.78, 5) is 12.2. The normalized spacial score (nSPS) is 12.9. The van der Waals surface area contributed by atoms with Crippen LogP contribution in [-0.2, 0) is 0 Å². The van der Waals surface area contributed by atoms with Crippen LogP contribution in [0.25, 0.3) is 11.0 Å². The van der Waals surface area contributed by atoms with E-state index in [1.54, 1.807) is 0 Å². The summed E-state index contributed by atoms with van der Waals surface area (Å²) in [5.74, 6) is 2.85. The second-order valence-electron chi connectivity index (χ2n) is 3.52. The standard InChI is InChI=1S/C11H16N4S/c1-4-16-7(2)9-14-10(12-3)8-5-6-13-11(8)15-9/h5-7H,4H2,1-3H3,(H2,12,13,14,15). The lowest BCUT2D eigenvalue weighted by Crippen LogP contribution is -2.02. The topological polar surface area (TPSA) is 53.6 Å². The number of fused-ring (bicyclic) bond motifs is 1. The molecule has 0 radical (unpaired) electrons. The minimum Gasteiger partial charge on any atom is -0.372 e. The molecule has 0 spiro atoms. The van der Waals surface area contributed by atoms with Gasteiger partial charge in [-0.05, 0) is 18.7 Å². The van der Waals surface area contributed by atoms with Gasteiger partial charge in [0.2, 0.25) is 0 Å². The Morgan fingerprint density at radius 3 is 3.00 bits per heavy atom. The fraction of sp³-hybridized carbons (Fsp3) is 0.455. The number of aromatic amines is 1. The second-order valence-corrected chi connectivity index (χ2v) is 5.14. The minimum atomic E-state index is 0.324. The average Bonchev–Trinajstić information content (AvgIpc) is 2.75. The SMILES string of the molecule is CCSC(C)c1nc(NC)c2cc[nH]c2n1. The number of aromatic nitrogens is 3. The molecule has 2 aromatic heterocycles. The van der Waals surface area contributed by atoms with Gasteiger partial charge in [-0.1, -0.05) is 6.92 Å². The van der Waals surface area contributed by atoms with Crippen LogP contribution in [0, 0.1) is 0 Å². The molecule has 0 bridgehead atoms. The van der Waals surface area contributed by atoms with Crippen molar-refractivity contribution in [3.63, 3.8) is 0 Å². The van der Waals surface area contributed by atoms with Crippen LogP contribution in [0.4, 0.5) is 5.82 Å². The largest absolute Gasteiger partial charge is 0.372 e. The van der Waals surface area contributed by atoms with Crippen molar-refractivity contribution in [2.45, 2.75) is 19.1 Å². The third kappa shape index (κ3) is 2.00. The molecule has 0 aliphatic carbocycles. The first-order valence-corrected chi connectivity index (χ1v) is 6.45. The molecule has 0 fully saturated rings. The molecule has 16 heavy (non-hydrogen) atoms. The number of nitrogens with zero attached hydrogens (tertiary/aromatic N) is 2. The zero-order chi connectivity index (χ0) is 11.5. The quantitative estimate of drug-likeness (QED) is 0.857. The van der Waals surface area contributed by atoms with Crippen molar-refractivity contribution in [1.29, 1.82) is 0 Å². The summed E-state index contributed by atoms with van der Waals surface area (Å²) in [5, 5.41) is 4.48. The molecule has 1 unspecified atom stereocenters. The van der Waals surface area contributed by atoms with Gasteiger partial charge in [0.1, 0.15) is 17.3 Å². The van der Waals surface area contributed by atoms with Gasteiger partial charge in [-0.3, -0.25) is 0 Å². The predicted molar refractivity (Wildman–Crippen MR) is 70.0 cm³/mol. The lowest BCUT2D eigenvalue weighted by molar-refractivity contribution is 0.935. The highest BCUT2D eigenvalue weighted by Gasteiger charge is 2.12. The van der Waals surface area contributed by atoms with E-state index in [2.05, 4.69) is 34.1 Å². The number of rotatable bonds is 4. The van der Waals surface area contributed by atoms with Gasteiger partial charge in [0, 0.05) is 13.2 Å². The summed E-state index contributed by atoms with van der Waals surface area (Å²) >= 11 is 1.85. The fourth-order valence-corrected chi connectivity index (χ4v) is 2.41. The third-order valence-electron chi connectivity index (χ3n) is 2.45. The molecular weight excluding hydrogens is 220 g/mol. The predicted octanol–water partition coefficient (Wildman–Crippen LogP) is 2.81. The van der Waals surface area contributed by atoms with Crippen molar-refractivity contribution < 1.29 is 0 Å². The Labute approximate surface area is 99.3 Å². The number of thioether (sulfide) groups is 1. The first-order chi connectivity index (χ1) is 7.76. The summed E-state index contributed by atoms with van der Waals surface area (Å²) in [6.45, 7) is 4.28. The fourth-order valence-electron chi connectivity index (χ4n) is 1.66. The van der Waals surface area contributed by atoms with E-state index in [9.17, 15) is 0 Å². The van der Waals surface area contributed by atoms with Gasteiger partial charge < -0.3 is 10.3 Å². The van der Waals surface area contributed by atoms with Gasteiger partial charge in [-0.25, -0.2) is 9.97 Å². The van der Waals surface area contributed by atoms with Crippen LogP contribution in [0.2, 0.25) is 0 Å². The highest BCUT2D eigenvalue weighted by atomic mass is 32.2. The number of anilines is 1. The molecule has 2 aromatic rings. The molecule has 2 heterocycles. The van der Waals surface area contributed by atoms with Crippen LogP contribution < -0.4 is 5.32 Å². The maximum absolute atomic E-state index is 4.55. The van der Waals surface area contributed by atoms with E-state index in [1.165, 1.54) is 0 Å². The molecule has 0 aliphatic heterocycles. The number of hydrogen-bond donors (Lipinski definition) is 2. The van der Waals surface area contributed by atoms with Crippen LogP contribution in [0.1, 0.15) is 24.9 Å². The van der Waals surface area contributed by atoms with E-state index >= 15 is 0 Å². The molecule has 0 aromatic carbocycles. The molecular formula is C11H16N4S. The third-order valence-corrected chi connectivity index (χ3v) is 3.49. The Hall–Kier alpha value is -1.23. The van der Waals surface area contributed by atoms with Crippen molar-refractivity contribution in [3.05, 3.63) is 18.1 Å². The molecule has 86 valence electrons. The summed E-state index contributed by atoms with van der Waals surface area (Å²) in [5.41, 5.74) is 0.901. The first kappa shape index (κ1) is 11.3. The van der Waals surface area contributed by atoms with E-state index < -0.39 is 0 Å². The van der Waals surface area contributed by atoms with Crippen molar-refractivity contribution in [2.75, 3.05) is 18.1 Å². The molecule has 1 atom stereocenters. The first-order valence-electron chi connectivity index (χ1n) is 5.40. The highest BCUT2D eigenvalue weighted by molar-refractivity contribution is 7.99. The number of nitrogens with one attached hydrogen (secondary N) is 2. The lowest BCUT2D eigenvalue weighted by atomic mass is 10.3. The highest BCUT2D eigenvalue weighted by Crippen LogP contribution is 2.28. The summed E-state index contributed by atoms with van der Waals surface area (Å²) in [6.07, 6.45) is 1.89. The molecule has 2 rings (SSSR count). The summed E-state index contributed by atoms with van der Waals surface area (Å²) in [6, 6.07) is 1.99. The minimum absolute atomic E-state index is 0.324. The van der Waals surface area contributed by atoms with Crippen molar-refractivity contribution >= 4 is 28.6 Å². The van der Waals surface area contributed by atoms with E-state index in [0.29, 0.717) is 5.25 Å². The smallest absolute Gasteiger partial charge is 0.145 e. The molecule has 0 saturated heterocycles. The zero-order valence-corrected chi connectivity index (χ0v) is 10.6. The van der Waals surface area contributed by atoms with E-state index in [-0.39, 0.29) is 0 Å². The zero-order valence-electron chi connectivity index (χ0n) is 9.74. The monoisotopic (exact) mass is 236 g/mol. The van der Waals surface area contributed by atoms with Gasteiger partial charge in [0.05, 0.1) is 10.6 Å². The Balaban J connectivity index is 2.46. The van der Waals surface area contributed by atoms with Crippen LogP contribution >= 0.6 is 11.8 Å². The Morgan fingerprint density at radius 2 is 2.31 bits per heavy atom. The van der Waals surface area contributed by atoms with Gasteiger partial charge in [0.25, 0.3) is 0 Å². The van der Waals surface area contributed by atoms with Gasteiger partial charge in [-0.15, -0.1) is 0 Å². The van der Waals surface area contributed by atoms with Gasteiger partial charge >= 0.3 is 0 Å². The maximum Gasteiger partial charge on any atom is 0.145 e. The van der Waals surface area contributed by atoms with E-state index in [4.69, 9.17) is 0 Å². The van der Waals surface area contributed by atoms with E-state index in [1.807, 2.05) is 31.1 Å². The second kappa shape index (κ2) is 4.74. The Kier molecular flexibility index (Phi) is 3.33. The van der Waals surface area contributed by atoms with Crippen molar-refractivity contribution in [2.24, 2.45) is 0 Å². The summed E-state index contributed by atoms with van der Waals surface area (Å²) < 4.78 is 0. The molecule has 4 nitrogen and oxygen atoms in total. The molecule has 0 saturated carbocycles. The van der Waals surface area contributed by atoms with Crippen LogP contribution in [-0.4, -0.2) is 27.8 Å².